The van der Waals surface area contributed by atoms with Crippen molar-refractivity contribution in [2.45, 2.75) is 33.4 Å². The van der Waals surface area contributed by atoms with Crippen LogP contribution in [0.1, 0.15) is 36.6 Å². The lowest BCUT2D eigenvalue weighted by Gasteiger charge is -2.34. The normalized spacial score (nSPS) is 15.5. The molecule has 1 saturated heterocycles. The highest BCUT2D eigenvalue weighted by molar-refractivity contribution is 6.35. The Morgan fingerprint density at radius 1 is 1.07 bits per heavy atom. The van der Waals surface area contributed by atoms with Crippen LogP contribution >= 0.6 is 0 Å². The lowest BCUT2D eigenvalue weighted by Crippen LogP contribution is -2.52. The third-order valence-corrected chi connectivity index (χ3v) is 5.38. The Bertz CT molecular complexity index is 861. The second-order valence-electron chi connectivity index (χ2n) is 7.72. The number of nitrogens with one attached hydrogen (secondary N) is 1. The molecule has 2 amide bonds. The highest BCUT2D eigenvalue weighted by Crippen LogP contribution is 2.26. The van der Waals surface area contributed by atoms with Crippen molar-refractivity contribution in [3.8, 4) is 5.75 Å². The van der Waals surface area contributed by atoms with Gasteiger partial charge in [0.15, 0.2) is 0 Å². The quantitative estimate of drug-likeness (QED) is 0.746. The summed E-state index contributed by atoms with van der Waals surface area (Å²) in [4.78, 5) is 29.2. The van der Waals surface area contributed by atoms with Crippen molar-refractivity contribution in [3.05, 3.63) is 65.2 Å². The summed E-state index contributed by atoms with van der Waals surface area (Å²) >= 11 is 0. The van der Waals surface area contributed by atoms with Gasteiger partial charge in [-0.1, -0.05) is 48.0 Å². The molecule has 1 aliphatic heterocycles. The minimum Gasteiger partial charge on any atom is -0.494 e. The van der Waals surface area contributed by atoms with E-state index in [0.717, 1.165) is 36.5 Å². The summed E-state index contributed by atoms with van der Waals surface area (Å²) in [7, 11) is 0. The van der Waals surface area contributed by atoms with Gasteiger partial charge in [-0.15, -0.1) is 0 Å². The summed E-state index contributed by atoms with van der Waals surface area (Å²) in [5.41, 5.74) is 3.22. The van der Waals surface area contributed by atoms with Crippen molar-refractivity contribution in [1.82, 2.24) is 15.1 Å². The van der Waals surface area contributed by atoms with Gasteiger partial charge in [-0.2, -0.15) is 0 Å². The Hall–Kier alpha value is -2.86. The third kappa shape index (κ3) is 5.60. The zero-order valence-corrected chi connectivity index (χ0v) is 18.1. The van der Waals surface area contributed by atoms with E-state index in [1.165, 1.54) is 5.56 Å². The number of rotatable bonds is 6. The molecule has 1 unspecified atom stereocenters. The highest BCUT2D eigenvalue weighted by atomic mass is 16.5. The Morgan fingerprint density at radius 2 is 1.77 bits per heavy atom. The predicted molar refractivity (Wildman–Crippen MR) is 117 cm³/mol. The molecule has 1 atom stereocenters. The summed E-state index contributed by atoms with van der Waals surface area (Å²) in [6, 6.07) is 15.8. The van der Waals surface area contributed by atoms with Crippen LogP contribution in [0.2, 0.25) is 0 Å². The van der Waals surface area contributed by atoms with Gasteiger partial charge in [0.2, 0.25) is 0 Å². The molecule has 0 aliphatic carbocycles. The zero-order valence-electron chi connectivity index (χ0n) is 18.1. The monoisotopic (exact) mass is 409 g/mol. The number of hydrogen-bond acceptors (Lipinski definition) is 4. The van der Waals surface area contributed by atoms with Crippen molar-refractivity contribution >= 4 is 11.8 Å². The van der Waals surface area contributed by atoms with E-state index >= 15 is 0 Å². The van der Waals surface area contributed by atoms with Crippen molar-refractivity contribution < 1.29 is 14.3 Å². The molecule has 1 aliphatic rings. The van der Waals surface area contributed by atoms with Gasteiger partial charge in [-0.3, -0.25) is 14.5 Å². The van der Waals surface area contributed by atoms with Crippen molar-refractivity contribution in [1.29, 1.82) is 0 Å². The van der Waals surface area contributed by atoms with Crippen LogP contribution in [0.15, 0.2) is 48.5 Å². The first-order valence-corrected chi connectivity index (χ1v) is 10.6. The number of carbonyl (C=O) groups excluding carboxylic acids is 2. The molecule has 2 aromatic carbocycles. The van der Waals surface area contributed by atoms with E-state index < -0.39 is 11.8 Å². The largest absolute Gasteiger partial charge is 0.494 e. The predicted octanol–water partition coefficient (Wildman–Crippen LogP) is 2.92. The van der Waals surface area contributed by atoms with Gasteiger partial charge >= 0.3 is 11.8 Å². The second-order valence-corrected chi connectivity index (χ2v) is 7.72. The molecular weight excluding hydrogens is 378 g/mol. The summed E-state index contributed by atoms with van der Waals surface area (Å²) < 4.78 is 5.68. The van der Waals surface area contributed by atoms with Gasteiger partial charge < -0.3 is 15.0 Å². The lowest BCUT2D eigenvalue weighted by atomic mass is 10.0. The van der Waals surface area contributed by atoms with E-state index in [1.807, 2.05) is 57.2 Å². The summed E-state index contributed by atoms with van der Waals surface area (Å²) in [6.45, 7) is 9.83. The van der Waals surface area contributed by atoms with Crippen LogP contribution in [0.25, 0.3) is 0 Å². The average molecular weight is 410 g/mol. The smallest absolute Gasteiger partial charge is 0.311 e. The number of ether oxygens (including phenoxy) is 1. The van der Waals surface area contributed by atoms with Crippen molar-refractivity contribution in [3.63, 3.8) is 0 Å². The standard InChI is InChI=1S/C24H31N3O3/c1-4-30-22-11-10-18(2)16-21(22)19(3)25-23(28)24(29)27-14-12-26(13-15-27)17-20-8-6-5-7-9-20/h5-11,16,19H,4,12-15,17H2,1-3H3,(H,25,28). The van der Waals surface area contributed by atoms with Crippen LogP contribution in [0, 0.1) is 6.92 Å². The van der Waals surface area contributed by atoms with Crippen LogP contribution in [0.5, 0.6) is 5.75 Å². The molecule has 6 nitrogen and oxygen atoms in total. The fourth-order valence-corrected chi connectivity index (χ4v) is 3.72. The number of nitrogens with zero attached hydrogens (tertiary/aromatic N) is 2. The molecule has 0 saturated carbocycles. The zero-order chi connectivity index (χ0) is 21.5. The van der Waals surface area contributed by atoms with E-state index in [0.29, 0.717) is 19.7 Å². The van der Waals surface area contributed by atoms with E-state index in [4.69, 9.17) is 4.74 Å². The highest BCUT2D eigenvalue weighted by Gasteiger charge is 2.27. The molecule has 0 aromatic heterocycles. The molecule has 2 aromatic rings. The molecule has 1 N–H and O–H groups in total. The molecule has 30 heavy (non-hydrogen) atoms. The lowest BCUT2D eigenvalue weighted by molar-refractivity contribution is -0.147. The van der Waals surface area contributed by atoms with Gasteiger partial charge in [0.05, 0.1) is 12.6 Å². The first-order valence-electron chi connectivity index (χ1n) is 10.6. The maximum Gasteiger partial charge on any atom is 0.311 e. The minimum absolute atomic E-state index is 0.317. The fraction of sp³-hybridized carbons (Fsp3) is 0.417. The van der Waals surface area contributed by atoms with Gasteiger partial charge in [-0.05, 0) is 32.4 Å². The molecule has 1 heterocycles. The van der Waals surface area contributed by atoms with Crippen LogP contribution in [-0.2, 0) is 16.1 Å². The topological polar surface area (TPSA) is 61.9 Å². The minimum atomic E-state index is -0.567. The molecule has 160 valence electrons. The van der Waals surface area contributed by atoms with E-state index in [-0.39, 0.29) is 6.04 Å². The molecule has 0 bridgehead atoms. The summed E-state index contributed by atoms with van der Waals surface area (Å²) in [6.07, 6.45) is 0. The Kier molecular flexibility index (Phi) is 7.46. The maximum atomic E-state index is 12.7. The number of benzene rings is 2. The molecule has 0 radical (unpaired) electrons. The van der Waals surface area contributed by atoms with Crippen LogP contribution in [0.3, 0.4) is 0 Å². The van der Waals surface area contributed by atoms with Gasteiger partial charge in [-0.25, -0.2) is 0 Å². The van der Waals surface area contributed by atoms with Gasteiger partial charge in [0.1, 0.15) is 5.75 Å². The first kappa shape index (κ1) is 21.8. The average Bonchev–Trinajstić information content (AvgIpc) is 2.76. The number of piperazine rings is 1. The summed E-state index contributed by atoms with van der Waals surface area (Å²) in [5.74, 6) is -0.298. The van der Waals surface area contributed by atoms with E-state index in [1.54, 1.807) is 4.90 Å². The Balaban J connectivity index is 1.54. The van der Waals surface area contributed by atoms with Crippen molar-refractivity contribution in [2.24, 2.45) is 0 Å². The number of aryl methyl sites for hydroxylation is 1. The van der Waals surface area contributed by atoms with Gasteiger partial charge in [0.25, 0.3) is 0 Å². The van der Waals surface area contributed by atoms with Crippen molar-refractivity contribution in [2.75, 3.05) is 32.8 Å². The van der Waals surface area contributed by atoms with E-state index in [2.05, 4.69) is 22.3 Å². The molecule has 6 heteroatoms. The molecule has 1 fully saturated rings. The summed E-state index contributed by atoms with van der Waals surface area (Å²) in [5, 5.41) is 2.85. The van der Waals surface area contributed by atoms with Crippen LogP contribution < -0.4 is 10.1 Å². The Labute approximate surface area is 178 Å². The SMILES string of the molecule is CCOc1ccc(C)cc1C(C)NC(=O)C(=O)N1CCN(Cc2ccccc2)CC1. The fourth-order valence-electron chi connectivity index (χ4n) is 3.72. The number of amides is 2. The van der Waals surface area contributed by atoms with Crippen LogP contribution in [-0.4, -0.2) is 54.4 Å². The van der Waals surface area contributed by atoms with Gasteiger partial charge in [0, 0.05) is 38.3 Å². The second kappa shape index (κ2) is 10.3. The molecular formula is C24H31N3O3. The van der Waals surface area contributed by atoms with E-state index in [9.17, 15) is 9.59 Å². The Morgan fingerprint density at radius 3 is 2.43 bits per heavy atom. The molecule has 3 rings (SSSR count). The van der Waals surface area contributed by atoms with Crippen LogP contribution in [0.4, 0.5) is 0 Å². The third-order valence-electron chi connectivity index (χ3n) is 5.38. The number of carbonyl (C=O) groups is 2. The number of hydrogen-bond donors (Lipinski definition) is 1. The molecule has 0 spiro atoms. The maximum absolute atomic E-state index is 12.7. The first-order chi connectivity index (χ1) is 14.5.